The highest BCUT2D eigenvalue weighted by atomic mass is 127. The molecule has 1 aliphatic rings. The van der Waals surface area contributed by atoms with E-state index in [1.165, 1.54) is 19.3 Å². The van der Waals surface area contributed by atoms with E-state index in [1.807, 2.05) is 10.9 Å². The minimum Gasteiger partial charge on any atom is -0.370 e. The molecule has 0 bridgehead atoms. The molecule has 3 N–H and O–H groups in total. The van der Waals surface area contributed by atoms with Gasteiger partial charge < -0.3 is 11.1 Å². The largest absolute Gasteiger partial charge is 0.370 e. The Morgan fingerprint density at radius 3 is 2.94 bits per heavy atom. The molecule has 5 nitrogen and oxygen atoms in total. The first-order valence-corrected chi connectivity index (χ1v) is 6.75. The van der Waals surface area contributed by atoms with Crippen molar-refractivity contribution < 1.29 is 0 Å². The summed E-state index contributed by atoms with van der Waals surface area (Å²) in [4.78, 5) is 4.33. The molecule has 0 unspecified atom stereocenters. The average molecular weight is 428 g/mol. The molecule has 1 aromatic rings. The van der Waals surface area contributed by atoms with E-state index in [2.05, 4.69) is 31.3 Å². The zero-order valence-corrected chi connectivity index (χ0v) is 14.1. The lowest BCUT2D eigenvalue weighted by Gasteiger charge is -2.23. The number of nitrogens with two attached hydrogens (primary N) is 1. The van der Waals surface area contributed by atoms with Crippen molar-refractivity contribution in [3.05, 3.63) is 16.9 Å². The molecule has 1 fully saturated rings. The van der Waals surface area contributed by atoms with Crippen molar-refractivity contribution in [2.24, 2.45) is 16.6 Å². The first kappa shape index (κ1) is 15.7. The van der Waals surface area contributed by atoms with E-state index in [9.17, 15) is 0 Å². The highest BCUT2D eigenvalue weighted by Gasteiger charge is 2.16. The zero-order chi connectivity index (χ0) is 12.1. The Hall–Kier alpha value is -0.310. The van der Waals surface area contributed by atoms with Crippen LogP contribution in [0.25, 0.3) is 0 Å². The van der Waals surface area contributed by atoms with Crippen LogP contribution in [0.2, 0.25) is 0 Å². The summed E-state index contributed by atoms with van der Waals surface area (Å²) in [5.41, 5.74) is 5.77. The van der Waals surface area contributed by atoms with Crippen molar-refractivity contribution in [2.45, 2.75) is 25.8 Å². The zero-order valence-electron chi connectivity index (χ0n) is 10.2. The van der Waals surface area contributed by atoms with E-state index in [0.717, 1.165) is 30.0 Å². The van der Waals surface area contributed by atoms with Crippen LogP contribution in [0.1, 0.15) is 19.3 Å². The fourth-order valence-corrected chi connectivity index (χ4v) is 2.05. The average Bonchev–Trinajstić information content (AvgIpc) is 2.62. The first-order valence-electron chi connectivity index (χ1n) is 5.96. The van der Waals surface area contributed by atoms with Gasteiger partial charge in [0.2, 0.25) is 0 Å². The van der Waals surface area contributed by atoms with Gasteiger partial charge in [0, 0.05) is 19.3 Å². The molecule has 0 saturated heterocycles. The van der Waals surface area contributed by atoms with Crippen molar-refractivity contribution in [3.8, 4) is 0 Å². The summed E-state index contributed by atoms with van der Waals surface area (Å²) in [6.07, 6.45) is 7.66. The molecule has 0 spiro atoms. The number of rotatable bonds is 5. The topological polar surface area (TPSA) is 68.2 Å². The van der Waals surface area contributed by atoms with Crippen LogP contribution in [0.4, 0.5) is 0 Å². The normalized spacial score (nSPS) is 15.9. The fourth-order valence-electron chi connectivity index (χ4n) is 1.72. The van der Waals surface area contributed by atoms with E-state index in [0.29, 0.717) is 5.96 Å². The molecule has 2 rings (SSSR count). The third-order valence-corrected chi connectivity index (χ3v) is 3.40. The summed E-state index contributed by atoms with van der Waals surface area (Å²) in [6, 6.07) is 0. The molecule has 0 atom stereocenters. The van der Waals surface area contributed by atoms with Crippen LogP contribution in [0.5, 0.6) is 0 Å². The molecule has 0 radical (unpaired) electrons. The Bertz CT molecular complexity index is 389. The second kappa shape index (κ2) is 7.98. The first-order chi connectivity index (χ1) is 8.24. The summed E-state index contributed by atoms with van der Waals surface area (Å²) in [5.74, 6) is 1.31. The van der Waals surface area contributed by atoms with Gasteiger partial charge in [0.05, 0.1) is 17.2 Å². The van der Waals surface area contributed by atoms with E-state index in [4.69, 9.17) is 5.73 Å². The van der Waals surface area contributed by atoms with Crippen LogP contribution in [-0.2, 0) is 6.54 Å². The monoisotopic (exact) mass is 427 g/mol. The van der Waals surface area contributed by atoms with E-state index in [-0.39, 0.29) is 24.0 Å². The van der Waals surface area contributed by atoms with Gasteiger partial charge in [0.1, 0.15) is 0 Å². The number of guanidine groups is 1. The lowest BCUT2D eigenvalue weighted by Crippen LogP contribution is -2.35. The molecule has 0 amide bonds. The molecule has 7 heteroatoms. The maximum Gasteiger partial charge on any atom is 0.188 e. The molecule has 1 saturated carbocycles. The third kappa shape index (κ3) is 5.13. The number of hydrogen-bond acceptors (Lipinski definition) is 2. The van der Waals surface area contributed by atoms with Crippen molar-refractivity contribution in [1.29, 1.82) is 0 Å². The quantitative estimate of drug-likeness (QED) is 0.428. The summed E-state index contributed by atoms with van der Waals surface area (Å²) < 4.78 is 2.85. The van der Waals surface area contributed by atoms with Crippen LogP contribution >= 0.6 is 39.9 Å². The Labute approximate surface area is 133 Å². The Balaban J connectivity index is 0.00000162. The predicted molar refractivity (Wildman–Crippen MR) is 87.2 cm³/mol. The Kier molecular flexibility index (Phi) is 6.98. The smallest absolute Gasteiger partial charge is 0.188 e. The summed E-state index contributed by atoms with van der Waals surface area (Å²) in [7, 11) is 0. The SMILES string of the molecule is I.NC(=NCC1CCC1)NCCn1cc(Br)cn1. The van der Waals surface area contributed by atoms with Crippen LogP contribution in [0, 0.1) is 5.92 Å². The Morgan fingerprint density at radius 1 is 1.61 bits per heavy atom. The van der Waals surface area contributed by atoms with Gasteiger partial charge in [0.25, 0.3) is 0 Å². The maximum atomic E-state index is 5.77. The van der Waals surface area contributed by atoms with Gasteiger partial charge in [-0.25, -0.2) is 0 Å². The van der Waals surface area contributed by atoms with Crippen molar-refractivity contribution in [1.82, 2.24) is 15.1 Å². The Morgan fingerprint density at radius 2 is 2.39 bits per heavy atom. The molecule has 0 aliphatic heterocycles. The lowest BCUT2D eigenvalue weighted by molar-refractivity contribution is 0.326. The minimum absolute atomic E-state index is 0. The van der Waals surface area contributed by atoms with Gasteiger partial charge in [-0.05, 0) is 34.7 Å². The van der Waals surface area contributed by atoms with Gasteiger partial charge >= 0.3 is 0 Å². The molecule has 18 heavy (non-hydrogen) atoms. The van der Waals surface area contributed by atoms with Crippen molar-refractivity contribution in [2.75, 3.05) is 13.1 Å². The number of hydrogen-bond donors (Lipinski definition) is 2. The molecule has 0 aromatic carbocycles. The number of nitrogens with one attached hydrogen (secondary N) is 1. The van der Waals surface area contributed by atoms with Crippen molar-refractivity contribution >= 4 is 45.9 Å². The van der Waals surface area contributed by atoms with Gasteiger partial charge in [-0.1, -0.05) is 6.42 Å². The molecular weight excluding hydrogens is 409 g/mol. The van der Waals surface area contributed by atoms with Gasteiger partial charge in [-0.15, -0.1) is 24.0 Å². The highest BCUT2D eigenvalue weighted by Crippen LogP contribution is 2.26. The number of aromatic nitrogens is 2. The second-order valence-electron chi connectivity index (χ2n) is 4.37. The number of aliphatic imine (C=N–C) groups is 1. The predicted octanol–water partition coefficient (Wildman–Crippen LogP) is 1.97. The standard InChI is InChI=1S/C11H18BrN5.HI/c12-10-7-16-17(8-10)5-4-14-11(13)15-6-9-2-1-3-9;/h7-9H,1-6H2,(H3,13,14,15);1H. The number of halogens is 2. The number of nitrogens with zero attached hydrogens (tertiary/aromatic N) is 3. The van der Waals surface area contributed by atoms with Crippen LogP contribution in [-0.4, -0.2) is 28.8 Å². The molecular formula is C11H19BrIN5. The minimum atomic E-state index is 0. The van der Waals surface area contributed by atoms with Crippen LogP contribution in [0.3, 0.4) is 0 Å². The fraction of sp³-hybridized carbons (Fsp3) is 0.636. The van der Waals surface area contributed by atoms with Crippen LogP contribution < -0.4 is 11.1 Å². The van der Waals surface area contributed by atoms with Gasteiger partial charge in [-0.3, -0.25) is 9.67 Å². The highest BCUT2D eigenvalue weighted by molar-refractivity contribution is 14.0. The van der Waals surface area contributed by atoms with Crippen LogP contribution in [0.15, 0.2) is 21.9 Å². The van der Waals surface area contributed by atoms with Crippen molar-refractivity contribution in [3.63, 3.8) is 0 Å². The molecule has 1 aliphatic carbocycles. The summed E-state index contributed by atoms with van der Waals surface area (Å²) >= 11 is 3.36. The molecule has 102 valence electrons. The van der Waals surface area contributed by atoms with E-state index < -0.39 is 0 Å². The van der Waals surface area contributed by atoms with E-state index >= 15 is 0 Å². The summed E-state index contributed by atoms with van der Waals surface area (Å²) in [5, 5.41) is 7.25. The van der Waals surface area contributed by atoms with E-state index in [1.54, 1.807) is 6.20 Å². The third-order valence-electron chi connectivity index (χ3n) is 2.99. The lowest BCUT2D eigenvalue weighted by atomic mass is 9.86. The molecule has 1 aromatic heterocycles. The second-order valence-corrected chi connectivity index (χ2v) is 5.29. The summed E-state index contributed by atoms with van der Waals surface area (Å²) in [6.45, 7) is 2.39. The molecule has 1 heterocycles. The van der Waals surface area contributed by atoms with Gasteiger partial charge in [-0.2, -0.15) is 5.10 Å². The maximum absolute atomic E-state index is 5.77. The van der Waals surface area contributed by atoms with Gasteiger partial charge in [0.15, 0.2) is 5.96 Å².